The SMILES string of the molecule is CCNC(c1cc(F)ccc1C)c1cc(C)oc1C. The molecule has 0 saturated heterocycles. The van der Waals surface area contributed by atoms with E-state index >= 15 is 0 Å². The zero-order valence-corrected chi connectivity index (χ0v) is 11.9. The second-order valence-electron chi connectivity index (χ2n) is 4.86. The molecule has 2 aromatic rings. The third kappa shape index (κ3) is 2.87. The van der Waals surface area contributed by atoms with Crippen molar-refractivity contribution in [2.24, 2.45) is 0 Å². The lowest BCUT2D eigenvalue weighted by molar-refractivity contribution is 0.494. The first-order valence-electron chi connectivity index (χ1n) is 6.59. The van der Waals surface area contributed by atoms with E-state index in [-0.39, 0.29) is 11.9 Å². The van der Waals surface area contributed by atoms with Crippen LogP contribution in [0.5, 0.6) is 0 Å². The number of nitrogens with one attached hydrogen (secondary N) is 1. The molecule has 0 saturated carbocycles. The summed E-state index contributed by atoms with van der Waals surface area (Å²) in [7, 11) is 0. The van der Waals surface area contributed by atoms with Crippen LogP contribution in [0.15, 0.2) is 28.7 Å². The van der Waals surface area contributed by atoms with Gasteiger partial charge in [-0.15, -0.1) is 0 Å². The molecule has 1 N–H and O–H groups in total. The van der Waals surface area contributed by atoms with Gasteiger partial charge in [0, 0.05) is 5.56 Å². The van der Waals surface area contributed by atoms with Crippen LogP contribution in [-0.2, 0) is 0 Å². The van der Waals surface area contributed by atoms with Gasteiger partial charge in [0.15, 0.2) is 0 Å². The molecule has 1 heterocycles. The van der Waals surface area contributed by atoms with E-state index in [1.807, 2.05) is 39.8 Å². The van der Waals surface area contributed by atoms with Crippen LogP contribution in [-0.4, -0.2) is 6.54 Å². The van der Waals surface area contributed by atoms with Gasteiger partial charge in [-0.1, -0.05) is 13.0 Å². The van der Waals surface area contributed by atoms with Gasteiger partial charge in [-0.25, -0.2) is 4.39 Å². The number of benzene rings is 1. The van der Waals surface area contributed by atoms with Crippen LogP contribution in [0.1, 0.15) is 41.2 Å². The molecule has 0 fully saturated rings. The van der Waals surface area contributed by atoms with Crippen LogP contribution < -0.4 is 5.32 Å². The minimum atomic E-state index is -0.207. The molecule has 1 aromatic heterocycles. The Labute approximate surface area is 113 Å². The number of rotatable bonds is 4. The van der Waals surface area contributed by atoms with Crippen molar-refractivity contribution >= 4 is 0 Å². The third-order valence-electron chi connectivity index (χ3n) is 3.35. The molecule has 0 bridgehead atoms. The standard InChI is InChI=1S/C16H20FNO/c1-5-18-16(15-8-11(3)19-12(15)4)14-9-13(17)7-6-10(14)2/h6-9,16,18H,5H2,1-4H3. The molecule has 1 unspecified atom stereocenters. The topological polar surface area (TPSA) is 25.2 Å². The van der Waals surface area contributed by atoms with Crippen molar-refractivity contribution in [1.29, 1.82) is 0 Å². The lowest BCUT2D eigenvalue weighted by Gasteiger charge is -2.20. The maximum absolute atomic E-state index is 13.5. The van der Waals surface area contributed by atoms with E-state index < -0.39 is 0 Å². The molecular formula is C16H20FNO. The molecule has 0 radical (unpaired) electrons. The van der Waals surface area contributed by atoms with Gasteiger partial charge in [-0.05, 0) is 56.6 Å². The molecule has 2 nitrogen and oxygen atoms in total. The highest BCUT2D eigenvalue weighted by molar-refractivity contribution is 5.39. The lowest BCUT2D eigenvalue weighted by atomic mass is 9.95. The minimum absolute atomic E-state index is 0.0295. The summed E-state index contributed by atoms with van der Waals surface area (Å²) in [5.41, 5.74) is 3.12. The fourth-order valence-corrected chi connectivity index (χ4v) is 2.45. The molecule has 2 rings (SSSR count). The van der Waals surface area contributed by atoms with Crippen LogP contribution in [0.4, 0.5) is 4.39 Å². The first kappa shape index (κ1) is 13.8. The van der Waals surface area contributed by atoms with Gasteiger partial charge in [-0.3, -0.25) is 0 Å². The van der Waals surface area contributed by atoms with Crippen LogP contribution in [0.2, 0.25) is 0 Å². The Morgan fingerprint density at radius 2 is 1.89 bits per heavy atom. The zero-order chi connectivity index (χ0) is 14.0. The summed E-state index contributed by atoms with van der Waals surface area (Å²) in [4.78, 5) is 0. The van der Waals surface area contributed by atoms with Gasteiger partial charge in [0.05, 0.1) is 6.04 Å². The van der Waals surface area contributed by atoms with Crippen LogP contribution in [0, 0.1) is 26.6 Å². The second kappa shape index (κ2) is 5.57. The predicted molar refractivity (Wildman–Crippen MR) is 74.8 cm³/mol. The summed E-state index contributed by atoms with van der Waals surface area (Å²) in [5.74, 6) is 1.55. The van der Waals surface area contributed by atoms with E-state index in [0.717, 1.165) is 34.8 Å². The maximum Gasteiger partial charge on any atom is 0.123 e. The average molecular weight is 261 g/mol. The van der Waals surface area contributed by atoms with E-state index in [9.17, 15) is 4.39 Å². The van der Waals surface area contributed by atoms with E-state index in [0.29, 0.717) is 0 Å². The fraction of sp³-hybridized carbons (Fsp3) is 0.375. The van der Waals surface area contributed by atoms with Crippen LogP contribution >= 0.6 is 0 Å². The Hall–Kier alpha value is -1.61. The van der Waals surface area contributed by atoms with Crippen LogP contribution in [0.25, 0.3) is 0 Å². The number of hydrogen-bond donors (Lipinski definition) is 1. The Bertz CT molecular complexity index is 574. The van der Waals surface area contributed by atoms with Crippen molar-refractivity contribution in [2.75, 3.05) is 6.54 Å². The van der Waals surface area contributed by atoms with Crippen molar-refractivity contribution in [2.45, 2.75) is 33.7 Å². The Balaban J connectivity index is 2.51. The lowest BCUT2D eigenvalue weighted by Crippen LogP contribution is -2.23. The molecule has 3 heteroatoms. The van der Waals surface area contributed by atoms with Crippen molar-refractivity contribution in [3.8, 4) is 0 Å². The zero-order valence-electron chi connectivity index (χ0n) is 11.9. The Morgan fingerprint density at radius 1 is 1.16 bits per heavy atom. The Kier molecular flexibility index (Phi) is 4.05. The molecule has 1 atom stereocenters. The average Bonchev–Trinajstić information content (AvgIpc) is 2.69. The summed E-state index contributed by atoms with van der Waals surface area (Å²) in [5, 5.41) is 3.41. The van der Waals surface area contributed by atoms with Crippen molar-refractivity contribution in [3.63, 3.8) is 0 Å². The molecule has 0 aliphatic carbocycles. The largest absolute Gasteiger partial charge is 0.466 e. The van der Waals surface area contributed by atoms with E-state index in [2.05, 4.69) is 5.32 Å². The molecule has 0 spiro atoms. The normalized spacial score (nSPS) is 12.7. The Morgan fingerprint density at radius 3 is 2.47 bits per heavy atom. The molecular weight excluding hydrogens is 241 g/mol. The summed E-state index contributed by atoms with van der Waals surface area (Å²) in [6.45, 7) is 8.73. The molecule has 1 aromatic carbocycles. The van der Waals surface area contributed by atoms with Crippen LogP contribution in [0.3, 0.4) is 0 Å². The van der Waals surface area contributed by atoms with E-state index in [4.69, 9.17) is 4.42 Å². The smallest absolute Gasteiger partial charge is 0.123 e. The number of furan rings is 1. The molecule has 19 heavy (non-hydrogen) atoms. The van der Waals surface area contributed by atoms with Crippen molar-refractivity contribution < 1.29 is 8.81 Å². The highest BCUT2D eigenvalue weighted by Gasteiger charge is 2.20. The predicted octanol–water partition coefficient (Wildman–Crippen LogP) is 4.04. The summed E-state index contributed by atoms with van der Waals surface area (Å²) in [6.07, 6.45) is 0. The molecule has 102 valence electrons. The maximum atomic E-state index is 13.5. The first-order valence-corrected chi connectivity index (χ1v) is 6.59. The highest BCUT2D eigenvalue weighted by atomic mass is 19.1. The van der Waals surface area contributed by atoms with Crippen molar-refractivity contribution in [1.82, 2.24) is 5.32 Å². The molecule has 0 aliphatic rings. The van der Waals surface area contributed by atoms with E-state index in [1.165, 1.54) is 6.07 Å². The summed E-state index contributed by atoms with van der Waals surface area (Å²) in [6, 6.07) is 6.91. The van der Waals surface area contributed by atoms with Gasteiger partial charge in [0.25, 0.3) is 0 Å². The second-order valence-corrected chi connectivity index (χ2v) is 4.86. The van der Waals surface area contributed by atoms with Gasteiger partial charge < -0.3 is 9.73 Å². The van der Waals surface area contributed by atoms with Gasteiger partial charge in [0.1, 0.15) is 17.3 Å². The number of halogens is 1. The quantitative estimate of drug-likeness (QED) is 0.898. The third-order valence-corrected chi connectivity index (χ3v) is 3.35. The van der Waals surface area contributed by atoms with Gasteiger partial charge >= 0.3 is 0 Å². The van der Waals surface area contributed by atoms with Gasteiger partial charge in [0.2, 0.25) is 0 Å². The molecule has 0 amide bonds. The monoisotopic (exact) mass is 261 g/mol. The fourth-order valence-electron chi connectivity index (χ4n) is 2.45. The minimum Gasteiger partial charge on any atom is -0.466 e. The first-order chi connectivity index (χ1) is 9.02. The highest BCUT2D eigenvalue weighted by Crippen LogP contribution is 2.29. The van der Waals surface area contributed by atoms with E-state index in [1.54, 1.807) is 6.07 Å². The summed E-state index contributed by atoms with van der Waals surface area (Å²) >= 11 is 0. The number of hydrogen-bond acceptors (Lipinski definition) is 2. The van der Waals surface area contributed by atoms with Gasteiger partial charge in [-0.2, -0.15) is 0 Å². The number of aryl methyl sites for hydroxylation is 3. The summed E-state index contributed by atoms with van der Waals surface area (Å²) < 4.78 is 19.1. The van der Waals surface area contributed by atoms with Crippen molar-refractivity contribution in [3.05, 3.63) is 58.3 Å². The molecule has 0 aliphatic heterocycles.